The number of aromatic nitrogens is 2. The summed E-state index contributed by atoms with van der Waals surface area (Å²) in [5.74, 6) is -4.05. The van der Waals surface area contributed by atoms with E-state index in [1.54, 1.807) is 0 Å². The monoisotopic (exact) mass is 350 g/mol. The van der Waals surface area contributed by atoms with Gasteiger partial charge in [0.05, 0.1) is 12.4 Å². The van der Waals surface area contributed by atoms with Gasteiger partial charge in [-0.2, -0.15) is 13.1 Å². The summed E-state index contributed by atoms with van der Waals surface area (Å²) in [7, 11) is -4.50. The van der Waals surface area contributed by atoms with Crippen LogP contribution in [0.25, 0.3) is 0 Å². The van der Waals surface area contributed by atoms with Crippen LogP contribution < -0.4 is 5.32 Å². The van der Waals surface area contributed by atoms with Gasteiger partial charge < -0.3 is 10.4 Å². The number of sulfonamides is 1. The molecule has 1 fully saturated rings. The fourth-order valence-corrected chi connectivity index (χ4v) is 3.20. The van der Waals surface area contributed by atoms with E-state index >= 15 is 0 Å². The second-order valence-electron chi connectivity index (χ2n) is 5.12. The number of anilines is 1. The van der Waals surface area contributed by atoms with Gasteiger partial charge in [0.2, 0.25) is 0 Å². The highest BCUT2D eigenvalue weighted by atomic mass is 32.2. The average Bonchev–Trinajstić information content (AvgIpc) is 2.53. The molecule has 1 aromatic rings. The molecule has 11 heteroatoms. The van der Waals surface area contributed by atoms with Crippen LogP contribution in [0.1, 0.15) is 23.3 Å². The summed E-state index contributed by atoms with van der Waals surface area (Å²) in [6.07, 6.45) is 3.33. The van der Waals surface area contributed by atoms with Crippen molar-refractivity contribution in [3.8, 4) is 0 Å². The Morgan fingerprint density at radius 1 is 1.35 bits per heavy atom. The lowest BCUT2D eigenvalue weighted by Gasteiger charge is -2.30. The largest absolute Gasteiger partial charge is 0.476 e. The van der Waals surface area contributed by atoms with Crippen LogP contribution in [0.5, 0.6) is 0 Å². The minimum atomic E-state index is -4.50. The predicted molar refractivity (Wildman–Crippen MR) is 76.7 cm³/mol. The lowest BCUT2D eigenvalue weighted by Crippen LogP contribution is -2.42. The van der Waals surface area contributed by atoms with Gasteiger partial charge in [-0.1, -0.05) is 0 Å². The SMILES string of the molecule is O=C(O)c1cnc(NCC2CCN(S(=O)(=O)C(F)F)CC2)cn1. The van der Waals surface area contributed by atoms with Gasteiger partial charge in [-0.05, 0) is 18.8 Å². The van der Waals surface area contributed by atoms with E-state index in [2.05, 4.69) is 15.3 Å². The number of carboxylic acids is 1. The van der Waals surface area contributed by atoms with Crippen LogP contribution >= 0.6 is 0 Å². The van der Waals surface area contributed by atoms with E-state index in [-0.39, 0.29) is 24.7 Å². The van der Waals surface area contributed by atoms with Crippen LogP contribution in [0.3, 0.4) is 0 Å². The molecule has 1 aliphatic rings. The maximum atomic E-state index is 12.5. The van der Waals surface area contributed by atoms with Gasteiger partial charge in [-0.15, -0.1) is 0 Å². The number of nitrogens with zero attached hydrogens (tertiary/aromatic N) is 3. The van der Waals surface area contributed by atoms with E-state index in [1.807, 2.05) is 0 Å². The Labute approximate surface area is 131 Å². The Morgan fingerprint density at radius 3 is 2.48 bits per heavy atom. The summed E-state index contributed by atoms with van der Waals surface area (Å²) >= 11 is 0. The van der Waals surface area contributed by atoms with Gasteiger partial charge >= 0.3 is 11.7 Å². The van der Waals surface area contributed by atoms with Gasteiger partial charge in [-0.25, -0.2) is 23.2 Å². The van der Waals surface area contributed by atoms with Crippen molar-refractivity contribution in [2.24, 2.45) is 5.92 Å². The lowest BCUT2D eigenvalue weighted by atomic mass is 9.98. The Bertz CT molecular complexity index is 646. The molecule has 8 nitrogen and oxygen atoms in total. The number of hydrogen-bond acceptors (Lipinski definition) is 6. The Kier molecular flexibility index (Phi) is 5.42. The van der Waals surface area contributed by atoms with Crippen LogP contribution in [0.2, 0.25) is 0 Å². The van der Waals surface area contributed by atoms with Crippen molar-refractivity contribution >= 4 is 21.8 Å². The molecule has 2 rings (SSSR count). The molecule has 0 aliphatic carbocycles. The van der Waals surface area contributed by atoms with Crippen molar-refractivity contribution in [3.05, 3.63) is 18.1 Å². The smallest absolute Gasteiger partial charge is 0.356 e. The molecule has 0 bridgehead atoms. The molecule has 0 saturated carbocycles. The highest BCUT2D eigenvalue weighted by Crippen LogP contribution is 2.22. The first-order valence-corrected chi connectivity index (χ1v) is 8.37. The van der Waals surface area contributed by atoms with E-state index in [1.165, 1.54) is 6.20 Å². The molecule has 2 N–H and O–H groups in total. The maximum absolute atomic E-state index is 12.5. The van der Waals surface area contributed by atoms with Crippen LogP contribution in [0, 0.1) is 5.92 Å². The molecule has 0 unspecified atom stereocenters. The molecular weight excluding hydrogens is 334 g/mol. The molecular formula is C12H16F2N4O4S. The van der Waals surface area contributed by atoms with Crippen molar-refractivity contribution in [2.75, 3.05) is 25.0 Å². The molecule has 0 atom stereocenters. The van der Waals surface area contributed by atoms with E-state index in [0.29, 0.717) is 25.2 Å². The number of aromatic carboxylic acids is 1. The predicted octanol–water partition coefficient (Wildman–Crippen LogP) is 0.851. The van der Waals surface area contributed by atoms with Crippen molar-refractivity contribution in [1.82, 2.24) is 14.3 Å². The highest BCUT2D eigenvalue weighted by molar-refractivity contribution is 7.89. The molecule has 0 radical (unpaired) electrons. The third-order valence-corrected chi connectivity index (χ3v) is 5.14. The Hall–Kier alpha value is -1.88. The maximum Gasteiger partial charge on any atom is 0.356 e. The highest BCUT2D eigenvalue weighted by Gasteiger charge is 2.34. The fourth-order valence-electron chi connectivity index (χ4n) is 2.26. The summed E-state index contributed by atoms with van der Waals surface area (Å²) in [6.45, 7) is 0.592. The Balaban J connectivity index is 1.82. The summed E-state index contributed by atoms with van der Waals surface area (Å²) in [5.41, 5.74) is -0.166. The van der Waals surface area contributed by atoms with Gasteiger partial charge in [0.15, 0.2) is 5.69 Å². The quantitative estimate of drug-likeness (QED) is 0.782. The van der Waals surface area contributed by atoms with Crippen LogP contribution in [-0.4, -0.2) is 59.2 Å². The number of alkyl halides is 2. The van der Waals surface area contributed by atoms with Crippen LogP contribution in [-0.2, 0) is 10.0 Å². The summed E-state index contributed by atoms with van der Waals surface area (Å²) < 4.78 is 48.4. The van der Waals surface area contributed by atoms with E-state index in [9.17, 15) is 22.0 Å². The summed E-state index contributed by atoms with van der Waals surface area (Å²) in [4.78, 5) is 18.3. The Morgan fingerprint density at radius 2 is 2.00 bits per heavy atom. The van der Waals surface area contributed by atoms with Crippen molar-refractivity contribution in [3.63, 3.8) is 0 Å². The lowest BCUT2D eigenvalue weighted by molar-refractivity contribution is 0.0690. The van der Waals surface area contributed by atoms with Gasteiger partial charge in [0.1, 0.15) is 5.82 Å². The number of nitrogens with one attached hydrogen (secondary N) is 1. The first-order valence-electron chi connectivity index (χ1n) is 6.87. The van der Waals surface area contributed by atoms with Crippen LogP contribution in [0.4, 0.5) is 14.6 Å². The second-order valence-corrected chi connectivity index (χ2v) is 7.02. The average molecular weight is 350 g/mol. The zero-order valence-corrected chi connectivity index (χ0v) is 12.8. The molecule has 1 aliphatic heterocycles. The molecule has 128 valence electrons. The van der Waals surface area contributed by atoms with Crippen LogP contribution in [0.15, 0.2) is 12.4 Å². The first kappa shape index (κ1) is 17.5. The minimum Gasteiger partial charge on any atom is -0.476 e. The van der Waals surface area contributed by atoms with Crippen molar-refractivity contribution < 1.29 is 27.1 Å². The van der Waals surface area contributed by atoms with Crippen molar-refractivity contribution in [2.45, 2.75) is 18.6 Å². The minimum absolute atomic E-state index is 0.0582. The molecule has 0 amide bonds. The number of rotatable bonds is 6. The second kappa shape index (κ2) is 7.13. The molecule has 2 heterocycles. The van der Waals surface area contributed by atoms with Gasteiger partial charge in [0, 0.05) is 19.6 Å². The number of piperidine rings is 1. The van der Waals surface area contributed by atoms with Gasteiger partial charge in [0.25, 0.3) is 10.0 Å². The number of hydrogen-bond donors (Lipinski definition) is 2. The molecule has 0 spiro atoms. The zero-order chi connectivity index (χ0) is 17.0. The van der Waals surface area contributed by atoms with E-state index < -0.39 is 21.8 Å². The molecule has 1 aromatic heterocycles. The third-order valence-electron chi connectivity index (χ3n) is 3.60. The molecule has 1 saturated heterocycles. The number of carbonyl (C=O) groups is 1. The van der Waals surface area contributed by atoms with E-state index in [4.69, 9.17) is 5.11 Å². The summed E-state index contributed by atoms with van der Waals surface area (Å²) in [6, 6.07) is 0. The fraction of sp³-hybridized carbons (Fsp3) is 0.583. The molecule has 23 heavy (non-hydrogen) atoms. The number of carboxylic acid groups (broad SMARTS) is 1. The normalized spacial score (nSPS) is 17.3. The third kappa shape index (κ3) is 4.32. The van der Waals surface area contributed by atoms with E-state index in [0.717, 1.165) is 10.5 Å². The molecule has 0 aromatic carbocycles. The van der Waals surface area contributed by atoms with Crippen molar-refractivity contribution in [1.29, 1.82) is 0 Å². The zero-order valence-electron chi connectivity index (χ0n) is 12.0. The standard InChI is InChI=1S/C12H16F2N4O4S/c13-12(14)23(21,22)18-3-1-8(2-4-18)5-16-10-7-15-9(6-17-10)11(19)20/h6-8,12H,1-5H2,(H,16,17)(H,19,20). The topological polar surface area (TPSA) is 112 Å². The van der Waals surface area contributed by atoms with Gasteiger partial charge in [-0.3, -0.25) is 0 Å². The first-order chi connectivity index (χ1) is 10.8. The number of halogens is 2. The summed E-state index contributed by atoms with van der Waals surface area (Å²) in [5, 5.41) is 11.7.